The molecule has 4 nitrogen and oxygen atoms in total. The highest BCUT2D eigenvalue weighted by atomic mass is 79.9. The molecular weight excluding hydrogens is 282 g/mol. The van der Waals surface area contributed by atoms with E-state index in [1.807, 2.05) is 30.8 Å². The van der Waals surface area contributed by atoms with Crippen LogP contribution in [0.5, 0.6) is 0 Å². The van der Waals surface area contributed by atoms with Crippen LogP contribution in [0.2, 0.25) is 0 Å². The lowest BCUT2D eigenvalue weighted by molar-refractivity contribution is 0.465. The van der Waals surface area contributed by atoms with Crippen LogP contribution in [0.15, 0.2) is 21.2 Å². The van der Waals surface area contributed by atoms with Crippen LogP contribution in [0.1, 0.15) is 22.7 Å². The van der Waals surface area contributed by atoms with E-state index < -0.39 is 0 Å². The van der Waals surface area contributed by atoms with E-state index in [0.717, 1.165) is 29.2 Å². The lowest BCUT2D eigenvalue weighted by Crippen LogP contribution is -2.13. The maximum atomic E-state index is 5.42. The fourth-order valence-electron chi connectivity index (χ4n) is 1.83. The van der Waals surface area contributed by atoms with Gasteiger partial charge in [-0.1, -0.05) is 0 Å². The maximum absolute atomic E-state index is 5.42. The Hall–Kier alpha value is -1.07. The largest absolute Gasteiger partial charge is 0.453 e. The Morgan fingerprint density at radius 2 is 2.12 bits per heavy atom. The molecule has 0 saturated heterocycles. The van der Waals surface area contributed by atoms with Crippen molar-refractivity contribution in [2.45, 2.75) is 26.9 Å². The minimum Gasteiger partial charge on any atom is -0.453 e. The summed E-state index contributed by atoms with van der Waals surface area (Å²) in [7, 11) is 1.97. The third-order valence-electron chi connectivity index (χ3n) is 2.89. The predicted molar refractivity (Wildman–Crippen MR) is 69.6 cm³/mol. The first-order valence-corrected chi connectivity index (χ1v) is 6.31. The van der Waals surface area contributed by atoms with E-state index in [1.54, 1.807) is 0 Å². The predicted octanol–water partition coefficient (Wildman–Crippen LogP) is 2.68. The minimum absolute atomic E-state index is 0.722. The van der Waals surface area contributed by atoms with Gasteiger partial charge >= 0.3 is 0 Å². The Labute approximate surface area is 109 Å². The quantitative estimate of drug-likeness (QED) is 0.943. The molecule has 1 N–H and O–H groups in total. The SMILES string of the molecule is Cc1nn(C)c(C)c1CNCc1ccc(Br)o1. The van der Waals surface area contributed by atoms with Crippen molar-refractivity contribution < 1.29 is 4.42 Å². The molecule has 2 aromatic rings. The average Bonchev–Trinajstić information content (AvgIpc) is 2.78. The smallest absolute Gasteiger partial charge is 0.169 e. The van der Waals surface area contributed by atoms with Crippen LogP contribution < -0.4 is 5.32 Å². The Bertz CT molecular complexity index is 516. The van der Waals surface area contributed by atoms with Crippen LogP contribution in [-0.4, -0.2) is 9.78 Å². The molecule has 0 aliphatic heterocycles. The zero-order valence-electron chi connectivity index (χ0n) is 10.2. The van der Waals surface area contributed by atoms with Gasteiger partial charge in [0.1, 0.15) is 5.76 Å². The average molecular weight is 298 g/mol. The zero-order chi connectivity index (χ0) is 12.4. The molecule has 92 valence electrons. The molecule has 0 radical (unpaired) electrons. The van der Waals surface area contributed by atoms with E-state index >= 15 is 0 Å². The van der Waals surface area contributed by atoms with Gasteiger partial charge in [0, 0.05) is 24.8 Å². The molecule has 2 rings (SSSR count). The number of aryl methyl sites for hydroxylation is 2. The van der Waals surface area contributed by atoms with Gasteiger partial charge in [0.25, 0.3) is 0 Å². The third kappa shape index (κ3) is 2.79. The standard InChI is InChI=1S/C12H16BrN3O/c1-8-11(9(2)16(3)15-8)7-14-6-10-4-5-12(13)17-10/h4-5,14H,6-7H2,1-3H3. The van der Waals surface area contributed by atoms with Crippen molar-refractivity contribution in [1.82, 2.24) is 15.1 Å². The molecule has 5 heteroatoms. The lowest BCUT2D eigenvalue weighted by atomic mass is 10.2. The van der Waals surface area contributed by atoms with E-state index in [2.05, 4.69) is 33.3 Å². The van der Waals surface area contributed by atoms with Crippen molar-refractivity contribution in [2.75, 3.05) is 0 Å². The number of hydrogen-bond donors (Lipinski definition) is 1. The van der Waals surface area contributed by atoms with Gasteiger partial charge in [0.05, 0.1) is 12.2 Å². The Morgan fingerprint density at radius 1 is 1.35 bits per heavy atom. The Balaban J connectivity index is 1.94. The summed E-state index contributed by atoms with van der Waals surface area (Å²) in [5, 5.41) is 7.74. The van der Waals surface area contributed by atoms with Crippen LogP contribution in [0.3, 0.4) is 0 Å². The van der Waals surface area contributed by atoms with Crippen molar-refractivity contribution in [3.8, 4) is 0 Å². The third-order valence-corrected chi connectivity index (χ3v) is 3.31. The molecule has 17 heavy (non-hydrogen) atoms. The second kappa shape index (κ2) is 5.06. The van der Waals surface area contributed by atoms with Crippen LogP contribution in [0, 0.1) is 13.8 Å². The number of furan rings is 1. The molecule has 0 aromatic carbocycles. The summed E-state index contributed by atoms with van der Waals surface area (Å²) < 4.78 is 8.10. The Kier molecular flexibility index (Phi) is 3.69. The highest BCUT2D eigenvalue weighted by Gasteiger charge is 2.08. The fraction of sp³-hybridized carbons (Fsp3) is 0.417. The van der Waals surface area contributed by atoms with Crippen LogP contribution >= 0.6 is 15.9 Å². The fourth-order valence-corrected chi connectivity index (χ4v) is 2.17. The second-order valence-electron chi connectivity index (χ2n) is 4.08. The maximum Gasteiger partial charge on any atom is 0.169 e. The summed E-state index contributed by atoms with van der Waals surface area (Å²) in [6, 6.07) is 3.86. The highest BCUT2D eigenvalue weighted by molar-refractivity contribution is 9.10. The summed E-state index contributed by atoms with van der Waals surface area (Å²) in [6.45, 7) is 5.65. The van der Waals surface area contributed by atoms with E-state index in [-0.39, 0.29) is 0 Å². The molecular formula is C12H16BrN3O. The molecule has 0 fully saturated rings. The van der Waals surface area contributed by atoms with E-state index in [4.69, 9.17) is 4.42 Å². The van der Waals surface area contributed by atoms with Gasteiger partial charge in [-0.05, 0) is 41.9 Å². The van der Waals surface area contributed by atoms with Crippen molar-refractivity contribution in [3.05, 3.63) is 39.5 Å². The van der Waals surface area contributed by atoms with E-state index in [1.165, 1.54) is 11.3 Å². The molecule has 0 aliphatic carbocycles. The van der Waals surface area contributed by atoms with Crippen LogP contribution in [0.25, 0.3) is 0 Å². The van der Waals surface area contributed by atoms with Gasteiger partial charge in [0.15, 0.2) is 4.67 Å². The molecule has 0 spiro atoms. The molecule has 0 amide bonds. The van der Waals surface area contributed by atoms with E-state index in [0.29, 0.717) is 0 Å². The van der Waals surface area contributed by atoms with Crippen molar-refractivity contribution in [1.29, 1.82) is 0 Å². The molecule has 2 aromatic heterocycles. The van der Waals surface area contributed by atoms with Gasteiger partial charge in [-0.2, -0.15) is 5.10 Å². The van der Waals surface area contributed by atoms with Gasteiger partial charge in [-0.3, -0.25) is 4.68 Å². The van der Waals surface area contributed by atoms with Gasteiger partial charge < -0.3 is 9.73 Å². The highest BCUT2D eigenvalue weighted by Crippen LogP contribution is 2.15. The lowest BCUT2D eigenvalue weighted by Gasteiger charge is -2.03. The second-order valence-corrected chi connectivity index (χ2v) is 4.86. The van der Waals surface area contributed by atoms with Crippen molar-refractivity contribution >= 4 is 15.9 Å². The molecule has 2 heterocycles. The number of hydrogen-bond acceptors (Lipinski definition) is 3. The van der Waals surface area contributed by atoms with Crippen molar-refractivity contribution in [3.63, 3.8) is 0 Å². The Morgan fingerprint density at radius 3 is 2.65 bits per heavy atom. The summed E-state index contributed by atoms with van der Waals surface area (Å²) in [6.07, 6.45) is 0. The molecule has 0 unspecified atom stereocenters. The first kappa shape index (κ1) is 12.4. The number of halogens is 1. The number of nitrogens with one attached hydrogen (secondary N) is 1. The monoisotopic (exact) mass is 297 g/mol. The summed E-state index contributed by atoms with van der Waals surface area (Å²) in [5.74, 6) is 0.927. The van der Waals surface area contributed by atoms with Crippen LogP contribution in [0.4, 0.5) is 0 Å². The topological polar surface area (TPSA) is 43.0 Å². The zero-order valence-corrected chi connectivity index (χ0v) is 11.8. The van der Waals surface area contributed by atoms with E-state index in [9.17, 15) is 0 Å². The normalized spacial score (nSPS) is 11.1. The van der Waals surface area contributed by atoms with Crippen molar-refractivity contribution in [2.24, 2.45) is 7.05 Å². The van der Waals surface area contributed by atoms with Gasteiger partial charge in [-0.15, -0.1) is 0 Å². The van der Waals surface area contributed by atoms with Gasteiger partial charge in [0.2, 0.25) is 0 Å². The summed E-state index contributed by atoms with van der Waals surface area (Å²) >= 11 is 3.29. The molecule has 0 saturated carbocycles. The number of aromatic nitrogens is 2. The molecule has 0 bridgehead atoms. The number of rotatable bonds is 4. The summed E-state index contributed by atoms with van der Waals surface area (Å²) in [5.41, 5.74) is 3.55. The minimum atomic E-state index is 0.722. The first-order valence-electron chi connectivity index (χ1n) is 5.52. The first-order chi connectivity index (χ1) is 8.08. The summed E-state index contributed by atoms with van der Waals surface area (Å²) in [4.78, 5) is 0. The van der Waals surface area contributed by atoms with Crippen LogP contribution in [-0.2, 0) is 20.1 Å². The van der Waals surface area contributed by atoms with Gasteiger partial charge in [-0.25, -0.2) is 0 Å². The number of nitrogens with zero attached hydrogens (tertiary/aromatic N) is 2. The molecule has 0 atom stereocenters. The molecule has 0 aliphatic rings.